The molecule has 0 aromatic carbocycles. The fourth-order valence-corrected chi connectivity index (χ4v) is 2.60. The zero-order valence-corrected chi connectivity index (χ0v) is 11.5. The number of nitrogens with one attached hydrogen (secondary N) is 1. The maximum absolute atomic E-state index is 6.25. The van der Waals surface area contributed by atoms with Crippen LogP contribution in [0.1, 0.15) is 66.2 Å². The lowest BCUT2D eigenvalue weighted by Gasteiger charge is -2.36. The first kappa shape index (κ1) is 14.0. The van der Waals surface area contributed by atoms with Crippen molar-refractivity contribution in [3.63, 3.8) is 0 Å². The summed E-state index contributed by atoms with van der Waals surface area (Å²) in [5, 5.41) is 3.56. The monoisotopic (exact) mass is 227 g/mol. The molecule has 16 heavy (non-hydrogen) atoms. The predicted octanol–water partition coefficient (Wildman–Crippen LogP) is 3.50. The van der Waals surface area contributed by atoms with E-state index >= 15 is 0 Å². The molecule has 1 fully saturated rings. The lowest BCUT2D eigenvalue weighted by atomic mass is 9.93. The van der Waals surface area contributed by atoms with E-state index in [9.17, 15) is 0 Å². The lowest BCUT2D eigenvalue weighted by molar-refractivity contribution is -0.0884. The van der Waals surface area contributed by atoms with E-state index in [0.717, 1.165) is 6.54 Å². The molecule has 1 aliphatic rings. The molecular weight excluding hydrogens is 198 g/mol. The van der Waals surface area contributed by atoms with Crippen LogP contribution in [-0.4, -0.2) is 24.3 Å². The third kappa shape index (κ3) is 4.84. The van der Waals surface area contributed by atoms with Gasteiger partial charge < -0.3 is 10.1 Å². The largest absolute Gasteiger partial charge is 0.371 e. The molecule has 96 valence electrons. The minimum Gasteiger partial charge on any atom is -0.371 e. The van der Waals surface area contributed by atoms with Gasteiger partial charge in [0.1, 0.15) is 0 Å². The highest BCUT2D eigenvalue weighted by molar-refractivity contribution is 4.86. The second-order valence-corrected chi connectivity index (χ2v) is 5.80. The van der Waals surface area contributed by atoms with Gasteiger partial charge in [-0.2, -0.15) is 0 Å². The van der Waals surface area contributed by atoms with Crippen molar-refractivity contribution in [3.05, 3.63) is 0 Å². The van der Waals surface area contributed by atoms with Crippen LogP contribution in [0.5, 0.6) is 0 Å². The summed E-state index contributed by atoms with van der Waals surface area (Å²) >= 11 is 0. The Bertz CT molecular complexity index is 181. The molecule has 0 bridgehead atoms. The molecule has 0 spiro atoms. The Hall–Kier alpha value is -0.0800. The van der Waals surface area contributed by atoms with Crippen molar-refractivity contribution < 1.29 is 4.74 Å². The molecular formula is C14H29NO. The van der Waals surface area contributed by atoms with Crippen LogP contribution in [0.15, 0.2) is 0 Å². The highest BCUT2D eigenvalue weighted by Crippen LogP contribution is 2.31. The van der Waals surface area contributed by atoms with Gasteiger partial charge in [0.25, 0.3) is 0 Å². The summed E-state index contributed by atoms with van der Waals surface area (Å²) in [6.07, 6.45) is 8.21. The Kier molecular flexibility index (Phi) is 5.77. The van der Waals surface area contributed by atoms with Crippen LogP contribution in [-0.2, 0) is 4.74 Å². The molecule has 1 rings (SSSR count). The summed E-state index contributed by atoms with van der Waals surface area (Å²) in [7, 11) is 0. The molecule has 0 heterocycles. The number of ether oxygens (including phenoxy) is 1. The Balaban J connectivity index is 2.57. The molecule has 0 aromatic heterocycles. The third-order valence-corrected chi connectivity index (χ3v) is 3.33. The van der Waals surface area contributed by atoms with E-state index in [1.165, 1.54) is 38.5 Å². The van der Waals surface area contributed by atoms with Gasteiger partial charge in [-0.05, 0) is 26.7 Å². The van der Waals surface area contributed by atoms with Crippen LogP contribution in [0.2, 0.25) is 0 Å². The molecule has 0 atom stereocenters. The van der Waals surface area contributed by atoms with E-state index in [0.29, 0.717) is 12.1 Å². The van der Waals surface area contributed by atoms with Crippen molar-refractivity contribution in [2.75, 3.05) is 6.54 Å². The molecule has 0 unspecified atom stereocenters. The zero-order valence-electron chi connectivity index (χ0n) is 11.5. The normalized spacial score (nSPS) is 21.4. The van der Waals surface area contributed by atoms with E-state index in [1.807, 2.05) is 0 Å². The van der Waals surface area contributed by atoms with Crippen LogP contribution in [0.25, 0.3) is 0 Å². The highest BCUT2D eigenvalue weighted by atomic mass is 16.5. The lowest BCUT2D eigenvalue weighted by Crippen LogP contribution is -2.46. The summed E-state index contributed by atoms with van der Waals surface area (Å²) in [6, 6.07) is 0.552. The molecule has 0 radical (unpaired) electrons. The van der Waals surface area contributed by atoms with E-state index in [1.54, 1.807) is 0 Å². The zero-order chi connectivity index (χ0) is 12.0. The van der Waals surface area contributed by atoms with Crippen LogP contribution >= 0.6 is 0 Å². The van der Waals surface area contributed by atoms with Gasteiger partial charge in [0.15, 0.2) is 0 Å². The van der Waals surface area contributed by atoms with Crippen LogP contribution in [0.4, 0.5) is 0 Å². The van der Waals surface area contributed by atoms with Crippen molar-refractivity contribution >= 4 is 0 Å². The van der Waals surface area contributed by atoms with Gasteiger partial charge >= 0.3 is 0 Å². The molecule has 0 saturated heterocycles. The first-order chi connectivity index (χ1) is 7.54. The molecule has 2 nitrogen and oxygen atoms in total. The predicted molar refractivity (Wildman–Crippen MR) is 69.8 cm³/mol. The Morgan fingerprint density at radius 1 is 1.00 bits per heavy atom. The van der Waals surface area contributed by atoms with Gasteiger partial charge in [-0.15, -0.1) is 0 Å². The molecule has 0 aromatic rings. The van der Waals surface area contributed by atoms with E-state index < -0.39 is 0 Å². The summed E-state index contributed by atoms with van der Waals surface area (Å²) in [5.74, 6) is 0. The van der Waals surface area contributed by atoms with Gasteiger partial charge in [0, 0.05) is 12.6 Å². The van der Waals surface area contributed by atoms with Gasteiger partial charge in [-0.3, -0.25) is 0 Å². The molecule has 1 saturated carbocycles. The minimum atomic E-state index is 0.106. The summed E-state index contributed by atoms with van der Waals surface area (Å²) in [5.41, 5.74) is 0.106. The fraction of sp³-hybridized carbons (Fsp3) is 1.00. The van der Waals surface area contributed by atoms with Crippen LogP contribution < -0.4 is 5.32 Å². The second kappa shape index (κ2) is 6.61. The first-order valence-corrected chi connectivity index (χ1v) is 6.95. The maximum atomic E-state index is 6.25. The van der Waals surface area contributed by atoms with Gasteiger partial charge in [0.05, 0.1) is 11.7 Å². The number of hydrogen-bond acceptors (Lipinski definition) is 2. The quantitative estimate of drug-likeness (QED) is 0.726. The number of hydrogen-bond donors (Lipinski definition) is 1. The fourth-order valence-electron chi connectivity index (χ4n) is 2.60. The first-order valence-electron chi connectivity index (χ1n) is 6.95. The van der Waals surface area contributed by atoms with Crippen LogP contribution in [0, 0.1) is 0 Å². The SMILES string of the molecule is CC(C)NCC1(OC(C)C)CCCCCC1. The highest BCUT2D eigenvalue weighted by Gasteiger charge is 2.32. The Morgan fingerprint density at radius 3 is 2.00 bits per heavy atom. The Labute approximate surface area is 101 Å². The van der Waals surface area contributed by atoms with Crippen molar-refractivity contribution in [2.45, 2.75) is 84.0 Å². The van der Waals surface area contributed by atoms with E-state index in [-0.39, 0.29) is 5.60 Å². The van der Waals surface area contributed by atoms with E-state index in [2.05, 4.69) is 33.0 Å². The number of rotatable bonds is 5. The van der Waals surface area contributed by atoms with Gasteiger partial charge in [-0.25, -0.2) is 0 Å². The van der Waals surface area contributed by atoms with Gasteiger partial charge in [0.2, 0.25) is 0 Å². The molecule has 1 aliphatic carbocycles. The smallest absolute Gasteiger partial charge is 0.0809 e. The molecule has 0 amide bonds. The second-order valence-electron chi connectivity index (χ2n) is 5.80. The van der Waals surface area contributed by atoms with Crippen molar-refractivity contribution in [1.29, 1.82) is 0 Å². The molecule has 1 N–H and O–H groups in total. The van der Waals surface area contributed by atoms with Crippen LogP contribution in [0.3, 0.4) is 0 Å². The average Bonchev–Trinajstić information content (AvgIpc) is 2.40. The van der Waals surface area contributed by atoms with Crippen molar-refractivity contribution in [3.8, 4) is 0 Å². The maximum Gasteiger partial charge on any atom is 0.0809 e. The Morgan fingerprint density at radius 2 is 1.56 bits per heavy atom. The average molecular weight is 227 g/mol. The standard InChI is InChI=1S/C14H29NO/c1-12(2)15-11-14(16-13(3)4)9-7-5-6-8-10-14/h12-13,15H,5-11H2,1-4H3. The minimum absolute atomic E-state index is 0.106. The van der Waals surface area contributed by atoms with E-state index in [4.69, 9.17) is 4.74 Å². The summed E-state index contributed by atoms with van der Waals surface area (Å²) < 4.78 is 6.25. The molecule has 0 aliphatic heterocycles. The summed E-state index contributed by atoms with van der Waals surface area (Å²) in [6.45, 7) is 9.74. The van der Waals surface area contributed by atoms with Crippen molar-refractivity contribution in [2.24, 2.45) is 0 Å². The van der Waals surface area contributed by atoms with Crippen molar-refractivity contribution in [1.82, 2.24) is 5.32 Å². The van der Waals surface area contributed by atoms with Gasteiger partial charge in [-0.1, -0.05) is 39.5 Å². The summed E-state index contributed by atoms with van der Waals surface area (Å²) in [4.78, 5) is 0. The molecule has 2 heteroatoms. The topological polar surface area (TPSA) is 21.3 Å². The third-order valence-electron chi connectivity index (χ3n) is 3.33.